The summed E-state index contributed by atoms with van der Waals surface area (Å²) in [4.78, 5) is 1.30. The van der Waals surface area contributed by atoms with Gasteiger partial charge < -0.3 is 10.3 Å². The number of aryl methyl sites for hydroxylation is 2. The zero-order chi connectivity index (χ0) is 15.4. The Hall–Kier alpha value is -2.20. The third-order valence-corrected chi connectivity index (χ3v) is 4.43. The van der Waals surface area contributed by atoms with E-state index < -0.39 is 0 Å². The molecule has 0 radical (unpaired) electrons. The first-order chi connectivity index (χ1) is 10.8. The molecule has 0 saturated carbocycles. The van der Waals surface area contributed by atoms with Gasteiger partial charge in [-0.3, -0.25) is 0 Å². The molecule has 0 saturated heterocycles. The molecule has 0 spiro atoms. The number of nitrogens with zero attached hydrogens (tertiary/aromatic N) is 1. The fourth-order valence-corrected chi connectivity index (χ4v) is 2.78. The summed E-state index contributed by atoms with van der Waals surface area (Å²) in [6, 6.07) is 17.1. The fourth-order valence-electron chi connectivity index (χ4n) is 2.37. The van der Waals surface area contributed by atoms with Crippen LogP contribution >= 0.6 is 11.8 Å². The lowest BCUT2D eigenvalue weighted by Gasteiger charge is -2.05. The lowest BCUT2D eigenvalue weighted by Crippen LogP contribution is -1.92. The van der Waals surface area contributed by atoms with Gasteiger partial charge in [-0.1, -0.05) is 41.6 Å². The van der Waals surface area contributed by atoms with E-state index in [1.54, 1.807) is 11.8 Å². The Morgan fingerprint density at radius 3 is 2.05 bits per heavy atom. The topological polar surface area (TPSA) is 52.0 Å². The molecular weight excluding hydrogens is 292 g/mol. The van der Waals surface area contributed by atoms with E-state index in [0.29, 0.717) is 11.4 Å². The van der Waals surface area contributed by atoms with Crippen molar-refractivity contribution < 1.29 is 4.52 Å². The standard InChI is InChI=1S/C18H18N2OS/c1-22-16-10-6-14(7-11-16)3-2-13-4-8-15(9-5-13)18-17(19)12-21-20-18/h4-12H,2-3,19H2,1H3. The zero-order valence-corrected chi connectivity index (χ0v) is 13.3. The van der Waals surface area contributed by atoms with E-state index in [9.17, 15) is 0 Å². The Morgan fingerprint density at radius 2 is 1.55 bits per heavy atom. The van der Waals surface area contributed by atoms with E-state index in [1.807, 2.05) is 12.1 Å². The number of anilines is 1. The van der Waals surface area contributed by atoms with Crippen molar-refractivity contribution in [2.45, 2.75) is 17.7 Å². The molecule has 0 bridgehead atoms. The normalized spacial score (nSPS) is 10.8. The summed E-state index contributed by atoms with van der Waals surface area (Å²) in [6.07, 6.45) is 5.62. The van der Waals surface area contributed by atoms with E-state index in [4.69, 9.17) is 10.3 Å². The van der Waals surface area contributed by atoms with Crippen molar-refractivity contribution in [3.05, 3.63) is 65.9 Å². The van der Waals surface area contributed by atoms with E-state index in [0.717, 1.165) is 18.4 Å². The minimum absolute atomic E-state index is 0.571. The minimum atomic E-state index is 0.571. The third kappa shape index (κ3) is 3.34. The highest BCUT2D eigenvalue weighted by Gasteiger charge is 2.06. The lowest BCUT2D eigenvalue weighted by molar-refractivity contribution is 0.422. The lowest BCUT2D eigenvalue weighted by atomic mass is 10.0. The number of hydrogen-bond acceptors (Lipinski definition) is 4. The monoisotopic (exact) mass is 310 g/mol. The molecule has 3 rings (SSSR count). The summed E-state index contributed by atoms with van der Waals surface area (Å²) in [5.74, 6) is 0. The van der Waals surface area contributed by atoms with Crippen LogP contribution in [0.25, 0.3) is 11.3 Å². The average molecular weight is 310 g/mol. The van der Waals surface area contributed by atoms with Crippen molar-refractivity contribution in [1.82, 2.24) is 5.16 Å². The van der Waals surface area contributed by atoms with Crippen LogP contribution in [0, 0.1) is 0 Å². The predicted octanol–water partition coefficient (Wildman–Crippen LogP) is 4.43. The Bertz CT molecular complexity index is 733. The van der Waals surface area contributed by atoms with Gasteiger partial charge in [-0.25, -0.2) is 0 Å². The maximum Gasteiger partial charge on any atom is 0.147 e. The SMILES string of the molecule is CSc1ccc(CCc2ccc(-c3nocc3N)cc2)cc1. The van der Waals surface area contributed by atoms with Crippen molar-refractivity contribution in [2.75, 3.05) is 12.0 Å². The van der Waals surface area contributed by atoms with Crippen molar-refractivity contribution in [3.63, 3.8) is 0 Å². The molecule has 0 atom stereocenters. The van der Waals surface area contributed by atoms with E-state index in [1.165, 1.54) is 22.3 Å². The Balaban J connectivity index is 1.64. The van der Waals surface area contributed by atoms with Gasteiger partial charge in [-0.15, -0.1) is 11.8 Å². The van der Waals surface area contributed by atoms with Crippen LogP contribution in [-0.4, -0.2) is 11.4 Å². The number of hydrogen-bond donors (Lipinski definition) is 1. The molecule has 3 nitrogen and oxygen atoms in total. The van der Waals surface area contributed by atoms with E-state index in [-0.39, 0.29) is 0 Å². The van der Waals surface area contributed by atoms with Gasteiger partial charge in [0.05, 0.1) is 0 Å². The predicted molar refractivity (Wildman–Crippen MR) is 92.0 cm³/mol. The molecule has 0 aliphatic carbocycles. The molecule has 1 aromatic heterocycles. The second kappa shape index (κ2) is 6.71. The summed E-state index contributed by atoms with van der Waals surface area (Å²) >= 11 is 1.77. The molecule has 0 amide bonds. The van der Waals surface area contributed by atoms with Crippen LogP contribution in [0.15, 0.2) is 64.2 Å². The zero-order valence-electron chi connectivity index (χ0n) is 12.5. The summed E-state index contributed by atoms with van der Waals surface area (Å²) in [7, 11) is 0. The van der Waals surface area contributed by atoms with Crippen molar-refractivity contribution in [1.29, 1.82) is 0 Å². The molecule has 2 aromatic carbocycles. The summed E-state index contributed by atoms with van der Waals surface area (Å²) in [5.41, 5.74) is 10.7. The quantitative estimate of drug-likeness (QED) is 0.708. The van der Waals surface area contributed by atoms with E-state index >= 15 is 0 Å². The van der Waals surface area contributed by atoms with Crippen LogP contribution in [0.1, 0.15) is 11.1 Å². The van der Waals surface area contributed by atoms with Crippen LogP contribution in [0.4, 0.5) is 5.69 Å². The maximum atomic E-state index is 5.81. The van der Waals surface area contributed by atoms with Gasteiger partial charge in [0, 0.05) is 10.5 Å². The van der Waals surface area contributed by atoms with Crippen molar-refractivity contribution in [3.8, 4) is 11.3 Å². The van der Waals surface area contributed by atoms with Crippen molar-refractivity contribution >= 4 is 17.4 Å². The summed E-state index contributed by atoms with van der Waals surface area (Å²) in [6.45, 7) is 0. The number of aromatic nitrogens is 1. The van der Waals surface area contributed by atoms with E-state index in [2.05, 4.69) is 47.8 Å². The van der Waals surface area contributed by atoms with Crippen LogP contribution in [0.2, 0.25) is 0 Å². The maximum absolute atomic E-state index is 5.81. The molecule has 4 heteroatoms. The van der Waals surface area contributed by atoms with Crippen LogP contribution in [0.3, 0.4) is 0 Å². The highest BCUT2D eigenvalue weighted by Crippen LogP contribution is 2.24. The first-order valence-electron chi connectivity index (χ1n) is 7.18. The smallest absolute Gasteiger partial charge is 0.147 e. The van der Waals surface area contributed by atoms with Gasteiger partial charge in [-0.2, -0.15) is 0 Å². The van der Waals surface area contributed by atoms with Gasteiger partial charge >= 0.3 is 0 Å². The summed E-state index contributed by atoms with van der Waals surface area (Å²) in [5, 5.41) is 3.92. The fraction of sp³-hybridized carbons (Fsp3) is 0.167. The molecular formula is C18H18N2OS. The Morgan fingerprint density at radius 1 is 0.955 bits per heavy atom. The van der Waals surface area contributed by atoms with Gasteiger partial charge in [0.15, 0.2) is 0 Å². The third-order valence-electron chi connectivity index (χ3n) is 3.69. The van der Waals surface area contributed by atoms with Gasteiger partial charge in [0.25, 0.3) is 0 Å². The van der Waals surface area contributed by atoms with Gasteiger partial charge in [-0.05, 0) is 42.4 Å². The molecule has 0 fully saturated rings. The van der Waals surface area contributed by atoms with Gasteiger partial charge in [0.1, 0.15) is 17.6 Å². The highest BCUT2D eigenvalue weighted by atomic mass is 32.2. The molecule has 112 valence electrons. The van der Waals surface area contributed by atoms with Crippen molar-refractivity contribution in [2.24, 2.45) is 0 Å². The number of rotatable bonds is 5. The number of nitrogen functional groups attached to an aromatic ring is 1. The van der Waals surface area contributed by atoms with Gasteiger partial charge in [0.2, 0.25) is 0 Å². The second-order valence-electron chi connectivity index (χ2n) is 5.16. The average Bonchev–Trinajstić information content (AvgIpc) is 3.00. The number of thioether (sulfide) groups is 1. The summed E-state index contributed by atoms with van der Waals surface area (Å²) < 4.78 is 4.88. The second-order valence-corrected chi connectivity index (χ2v) is 6.04. The molecule has 3 aromatic rings. The van der Waals surface area contributed by atoms with Crippen LogP contribution in [0.5, 0.6) is 0 Å². The molecule has 0 aliphatic heterocycles. The molecule has 22 heavy (non-hydrogen) atoms. The molecule has 2 N–H and O–H groups in total. The molecule has 1 heterocycles. The first-order valence-corrected chi connectivity index (χ1v) is 8.41. The Kier molecular flexibility index (Phi) is 4.49. The Labute approximate surface area is 134 Å². The minimum Gasteiger partial charge on any atom is -0.394 e. The number of benzene rings is 2. The molecule has 0 unspecified atom stereocenters. The molecule has 0 aliphatic rings. The first kappa shape index (κ1) is 14.7. The van der Waals surface area contributed by atoms with Crippen LogP contribution < -0.4 is 5.73 Å². The number of nitrogens with two attached hydrogens (primary N) is 1. The van der Waals surface area contributed by atoms with Crippen LogP contribution in [-0.2, 0) is 12.8 Å². The largest absolute Gasteiger partial charge is 0.394 e. The highest BCUT2D eigenvalue weighted by molar-refractivity contribution is 7.98.